The first-order valence-corrected chi connectivity index (χ1v) is 11.5. The standard InChI is InChI=1S/C24H23N3O4S/c1-13-7-5-6-8-18(13)22-15(3)9-17(10-16(22)4)27-32(30,31)21-12-20-19(11-14(21)2)25-23(28)24(29)26-20/h5-12,27H,1-4H3,(H,25,28)(H,26,29). The molecule has 0 radical (unpaired) electrons. The van der Waals surface area contributed by atoms with Crippen molar-refractivity contribution in [1.29, 1.82) is 0 Å². The zero-order valence-corrected chi connectivity index (χ0v) is 19.0. The van der Waals surface area contributed by atoms with Gasteiger partial charge in [0.2, 0.25) is 0 Å². The van der Waals surface area contributed by atoms with E-state index in [2.05, 4.69) is 20.8 Å². The number of rotatable bonds is 4. The maximum atomic E-state index is 13.2. The molecular formula is C24H23N3O4S. The highest BCUT2D eigenvalue weighted by atomic mass is 32.2. The van der Waals surface area contributed by atoms with Crippen LogP contribution in [0.2, 0.25) is 0 Å². The Morgan fingerprint density at radius 2 is 1.28 bits per heavy atom. The normalized spacial score (nSPS) is 11.6. The zero-order chi connectivity index (χ0) is 23.2. The Balaban J connectivity index is 1.77. The Bertz CT molecular complexity index is 1580. The minimum atomic E-state index is -3.94. The Kier molecular flexibility index (Phi) is 5.26. The molecule has 0 spiro atoms. The molecule has 4 rings (SSSR count). The average Bonchev–Trinajstić information content (AvgIpc) is 2.69. The van der Waals surface area contributed by atoms with Crippen molar-refractivity contribution < 1.29 is 8.42 Å². The van der Waals surface area contributed by atoms with Crippen LogP contribution >= 0.6 is 0 Å². The molecule has 0 aliphatic rings. The van der Waals surface area contributed by atoms with Crippen molar-refractivity contribution in [3.05, 3.63) is 91.5 Å². The Labute approximate surface area is 185 Å². The van der Waals surface area contributed by atoms with Crippen molar-refractivity contribution in [3.63, 3.8) is 0 Å². The maximum absolute atomic E-state index is 13.2. The quantitative estimate of drug-likeness (QED) is 0.410. The number of H-pyrrole nitrogens is 2. The van der Waals surface area contributed by atoms with Crippen LogP contribution in [0.4, 0.5) is 5.69 Å². The molecule has 3 N–H and O–H groups in total. The Morgan fingerprint density at radius 3 is 1.88 bits per heavy atom. The molecule has 0 unspecified atom stereocenters. The lowest BCUT2D eigenvalue weighted by Gasteiger charge is -2.17. The number of fused-ring (bicyclic) bond motifs is 1. The molecule has 32 heavy (non-hydrogen) atoms. The van der Waals surface area contributed by atoms with Gasteiger partial charge >= 0.3 is 11.1 Å². The van der Waals surface area contributed by atoms with Crippen LogP contribution in [0.25, 0.3) is 22.2 Å². The number of hydrogen-bond donors (Lipinski definition) is 3. The molecule has 0 aliphatic carbocycles. The van der Waals surface area contributed by atoms with Gasteiger partial charge < -0.3 is 9.97 Å². The van der Waals surface area contributed by atoms with Gasteiger partial charge in [0.1, 0.15) is 0 Å². The van der Waals surface area contributed by atoms with E-state index in [-0.39, 0.29) is 10.4 Å². The Hall–Kier alpha value is -3.65. The van der Waals surface area contributed by atoms with Crippen LogP contribution in [0.5, 0.6) is 0 Å². The second kappa shape index (κ2) is 7.80. The monoisotopic (exact) mass is 449 g/mol. The fraction of sp³-hybridized carbons (Fsp3) is 0.167. The predicted molar refractivity (Wildman–Crippen MR) is 127 cm³/mol. The molecule has 0 aliphatic heterocycles. The molecule has 164 valence electrons. The molecule has 1 aromatic heterocycles. The average molecular weight is 450 g/mol. The molecular weight excluding hydrogens is 426 g/mol. The van der Waals surface area contributed by atoms with Crippen LogP contribution in [0, 0.1) is 27.7 Å². The predicted octanol–water partition coefficient (Wildman–Crippen LogP) is 3.92. The maximum Gasteiger partial charge on any atom is 0.314 e. The molecule has 4 aromatic rings. The van der Waals surface area contributed by atoms with E-state index in [4.69, 9.17) is 0 Å². The van der Waals surface area contributed by atoms with Gasteiger partial charge in [-0.2, -0.15) is 0 Å². The van der Waals surface area contributed by atoms with E-state index in [1.54, 1.807) is 6.92 Å². The zero-order valence-electron chi connectivity index (χ0n) is 18.2. The summed E-state index contributed by atoms with van der Waals surface area (Å²) in [6.45, 7) is 7.59. The van der Waals surface area contributed by atoms with Gasteiger partial charge in [0, 0.05) is 5.69 Å². The van der Waals surface area contributed by atoms with E-state index in [9.17, 15) is 18.0 Å². The highest BCUT2D eigenvalue weighted by Gasteiger charge is 2.20. The van der Waals surface area contributed by atoms with Crippen LogP contribution < -0.4 is 15.8 Å². The summed E-state index contributed by atoms with van der Waals surface area (Å²) in [5.74, 6) is 0. The van der Waals surface area contributed by atoms with Gasteiger partial charge in [-0.3, -0.25) is 14.3 Å². The van der Waals surface area contributed by atoms with Crippen LogP contribution in [0.1, 0.15) is 22.3 Å². The van der Waals surface area contributed by atoms with Crippen molar-refractivity contribution in [2.45, 2.75) is 32.6 Å². The van der Waals surface area contributed by atoms with Gasteiger partial charge in [-0.15, -0.1) is 0 Å². The first-order valence-electron chi connectivity index (χ1n) is 10.0. The summed E-state index contributed by atoms with van der Waals surface area (Å²) in [6, 6.07) is 14.6. The van der Waals surface area contributed by atoms with Crippen LogP contribution in [-0.2, 0) is 10.0 Å². The molecule has 0 bridgehead atoms. The van der Waals surface area contributed by atoms with Gasteiger partial charge in [0.15, 0.2) is 0 Å². The van der Waals surface area contributed by atoms with E-state index >= 15 is 0 Å². The van der Waals surface area contributed by atoms with Crippen LogP contribution in [0.15, 0.2) is 63.0 Å². The lowest BCUT2D eigenvalue weighted by Crippen LogP contribution is -2.29. The van der Waals surface area contributed by atoms with Crippen molar-refractivity contribution in [2.24, 2.45) is 0 Å². The molecule has 0 fully saturated rings. The summed E-state index contributed by atoms with van der Waals surface area (Å²) >= 11 is 0. The van der Waals surface area contributed by atoms with Gasteiger partial charge in [-0.25, -0.2) is 8.42 Å². The number of aromatic nitrogens is 2. The van der Waals surface area contributed by atoms with Gasteiger partial charge in [-0.05, 0) is 85.3 Å². The van der Waals surface area contributed by atoms with Crippen molar-refractivity contribution in [1.82, 2.24) is 9.97 Å². The van der Waals surface area contributed by atoms with E-state index in [1.165, 1.54) is 12.1 Å². The first kappa shape index (κ1) is 21.6. The minimum Gasteiger partial charge on any atom is -0.316 e. The largest absolute Gasteiger partial charge is 0.316 e. The highest BCUT2D eigenvalue weighted by Crippen LogP contribution is 2.33. The van der Waals surface area contributed by atoms with Gasteiger partial charge in [0.05, 0.1) is 15.9 Å². The van der Waals surface area contributed by atoms with Gasteiger partial charge in [0.25, 0.3) is 10.0 Å². The molecule has 7 nitrogen and oxygen atoms in total. The number of sulfonamides is 1. The molecule has 1 heterocycles. The second-order valence-corrected chi connectivity index (χ2v) is 9.63. The second-order valence-electron chi connectivity index (χ2n) is 7.98. The van der Waals surface area contributed by atoms with Crippen molar-refractivity contribution in [2.75, 3.05) is 4.72 Å². The smallest absolute Gasteiger partial charge is 0.314 e. The van der Waals surface area contributed by atoms with E-state index in [1.807, 2.05) is 51.1 Å². The Morgan fingerprint density at radius 1 is 0.719 bits per heavy atom. The third kappa shape index (κ3) is 3.85. The number of anilines is 1. The summed E-state index contributed by atoms with van der Waals surface area (Å²) in [5, 5.41) is 0. The number of nitrogens with one attached hydrogen (secondary N) is 3. The molecule has 0 saturated heterocycles. The lowest BCUT2D eigenvalue weighted by molar-refractivity contribution is 0.600. The fourth-order valence-corrected chi connectivity index (χ4v) is 5.35. The molecule has 0 atom stereocenters. The van der Waals surface area contributed by atoms with E-state index < -0.39 is 21.1 Å². The van der Waals surface area contributed by atoms with Crippen molar-refractivity contribution in [3.8, 4) is 11.1 Å². The first-order chi connectivity index (χ1) is 15.1. The summed E-state index contributed by atoms with van der Waals surface area (Å²) in [7, 11) is -3.94. The SMILES string of the molecule is Cc1ccccc1-c1c(C)cc(NS(=O)(=O)c2cc3[nH]c(=O)c(=O)[nH]c3cc2C)cc1C. The van der Waals surface area contributed by atoms with Crippen LogP contribution in [-0.4, -0.2) is 18.4 Å². The number of hydrogen-bond acceptors (Lipinski definition) is 4. The van der Waals surface area contributed by atoms with Crippen molar-refractivity contribution >= 4 is 26.7 Å². The molecule has 3 aromatic carbocycles. The summed E-state index contributed by atoms with van der Waals surface area (Å²) in [6.07, 6.45) is 0. The summed E-state index contributed by atoms with van der Waals surface area (Å²) in [4.78, 5) is 28.1. The van der Waals surface area contributed by atoms with Gasteiger partial charge in [-0.1, -0.05) is 24.3 Å². The highest BCUT2D eigenvalue weighted by molar-refractivity contribution is 7.92. The topological polar surface area (TPSA) is 112 Å². The summed E-state index contributed by atoms with van der Waals surface area (Å²) < 4.78 is 29.0. The minimum absolute atomic E-state index is 0.0194. The number of benzene rings is 3. The molecule has 0 saturated carbocycles. The number of aryl methyl sites for hydroxylation is 4. The van der Waals surface area contributed by atoms with Crippen LogP contribution in [0.3, 0.4) is 0 Å². The molecule has 0 amide bonds. The number of aromatic amines is 2. The third-order valence-electron chi connectivity index (χ3n) is 5.51. The third-order valence-corrected chi connectivity index (χ3v) is 7.03. The van der Waals surface area contributed by atoms with E-state index in [0.717, 1.165) is 27.8 Å². The van der Waals surface area contributed by atoms with E-state index in [0.29, 0.717) is 16.8 Å². The summed E-state index contributed by atoms with van der Waals surface area (Å²) in [5.41, 5.74) is 5.11. The molecule has 8 heteroatoms. The lowest BCUT2D eigenvalue weighted by atomic mass is 9.92. The fourth-order valence-electron chi connectivity index (χ4n) is 4.05.